The number of benzene rings is 1. The smallest absolute Gasteiger partial charge is 0.284 e. The number of methoxy groups -OCH3 is 1. The molecule has 0 aliphatic carbocycles. The molecule has 0 aromatic heterocycles. The zero-order valence-electron chi connectivity index (χ0n) is 7.58. The topological polar surface area (TPSA) is 36.3 Å². The standard InChI is InChI=1S/C10H12N2O/c1-13-10(11)12-6-8-4-2-3-5-9(8)7-12/h2-5,11H,6-7H2,1H3. The van der Waals surface area contributed by atoms with Crippen LogP contribution in [0.3, 0.4) is 0 Å². The van der Waals surface area contributed by atoms with Crippen molar-refractivity contribution in [2.45, 2.75) is 13.1 Å². The molecule has 0 bridgehead atoms. The van der Waals surface area contributed by atoms with E-state index in [-0.39, 0.29) is 6.02 Å². The molecule has 0 spiro atoms. The predicted octanol–water partition coefficient (Wildman–Crippen LogP) is 1.58. The van der Waals surface area contributed by atoms with E-state index in [0.29, 0.717) is 0 Å². The van der Waals surface area contributed by atoms with Gasteiger partial charge in [0.25, 0.3) is 6.02 Å². The van der Waals surface area contributed by atoms with Crippen LogP contribution < -0.4 is 0 Å². The van der Waals surface area contributed by atoms with Crippen molar-refractivity contribution in [2.24, 2.45) is 0 Å². The average molecular weight is 176 g/mol. The highest BCUT2D eigenvalue weighted by Crippen LogP contribution is 2.21. The second kappa shape index (κ2) is 3.09. The molecule has 0 unspecified atom stereocenters. The molecule has 2 rings (SSSR count). The monoisotopic (exact) mass is 176 g/mol. The minimum Gasteiger partial charge on any atom is -0.469 e. The van der Waals surface area contributed by atoms with Gasteiger partial charge in [0, 0.05) is 13.1 Å². The number of ether oxygens (including phenoxy) is 1. The highest BCUT2D eigenvalue weighted by atomic mass is 16.5. The molecule has 1 N–H and O–H groups in total. The highest BCUT2D eigenvalue weighted by Gasteiger charge is 2.20. The zero-order valence-corrected chi connectivity index (χ0v) is 7.58. The lowest BCUT2D eigenvalue weighted by Gasteiger charge is -2.15. The Bertz CT molecular complexity index is 310. The third kappa shape index (κ3) is 1.37. The summed E-state index contributed by atoms with van der Waals surface area (Å²) in [6.07, 6.45) is 0. The Morgan fingerprint density at radius 3 is 2.31 bits per heavy atom. The Morgan fingerprint density at radius 2 is 1.85 bits per heavy atom. The predicted molar refractivity (Wildman–Crippen MR) is 50.4 cm³/mol. The average Bonchev–Trinajstić information content (AvgIpc) is 2.59. The summed E-state index contributed by atoms with van der Waals surface area (Å²) >= 11 is 0. The molecule has 1 aliphatic rings. The maximum Gasteiger partial charge on any atom is 0.284 e. The number of hydrogen-bond donors (Lipinski definition) is 1. The molecular formula is C10H12N2O. The van der Waals surface area contributed by atoms with Gasteiger partial charge in [0.15, 0.2) is 0 Å². The molecule has 0 saturated heterocycles. The van der Waals surface area contributed by atoms with E-state index in [1.54, 1.807) is 0 Å². The zero-order chi connectivity index (χ0) is 9.26. The van der Waals surface area contributed by atoms with Crippen LogP contribution in [-0.4, -0.2) is 18.0 Å². The lowest BCUT2D eigenvalue weighted by molar-refractivity contribution is 0.281. The van der Waals surface area contributed by atoms with Gasteiger partial charge in [-0.05, 0) is 11.1 Å². The van der Waals surface area contributed by atoms with Crippen LogP contribution in [0.5, 0.6) is 0 Å². The Balaban J connectivity index is 2.18. The number of fused-ring (bicyclic) bond motifs is 1. The summed E-state index contributed by atoms with van der Waals surface area (Å²) in [5.74, 6) is 0. The number of amidine groups is 1. The highest BCUT2D eigenvalue weighted by molar-refractivity contribution is 5.71. The van der Waals surface area contributed by atoms with Gasteiger partial charge < -0.3 is 9.64 Å². The molecule has 1 aliphatic heterocycles. The molecular weight excluding hydrogens is 164 g/mol. The van der Waals surface area contributed by atoms with Gasteiger partial charge in [-0.3, -0.25) is 5.41 Å². The normalized spacial score (nSPS) is 14.1. The van der Waals surface area contributed by atoms with Gasteiger partial charge in [0.2, 0.25) is 0 Å². The van der Waals surface area contributed by atoms with Crippen LogP contribution in [0.2, 0.25) is 0 Å². The molecule has 3 heteroatoms. The van der Waals surface area contributed by atoms with Gasteiger partial charge in [-0.25, -0.2) is 0 Å². The van der Waals surface area contributed by atoms with Crippen LogP contribution in [0.1, 0.15) is 11.1 Å². The van der Waals surface area contributed by atoms with E-state index in [2.05, 4.69) is 12.1 Å². The minimum atomic E-state index is 0.246. The first kappa shape index (κ1) is 8.10. The van der Waals surface area contributed by atoms with Crippen LogP contribution in [0.4, 0.5) is 0 Å². The van der Waals surface area contributed by atoms with Crippen molar-refractivity contribution >= 4 is 6.02 Å². The fourth-order valence-corrected chi connectivity index (χ4v) is 1.61. The number of rotatable bonds is 0. The van der Waals surface area contributed by atoms with E-state index >= 15 is 0 Å². The summed E-state index contributed by atoms with van der Waals surface area (Å²) in [7, 11) is 1.53. The summed E-state index contributed by atoms with van der Waals surface area (Å²) in [4.78, 5) is 1.91. The van der Waals surface area contributed by atoms with Crippen LogP contribution in [0.15, 0.2) is 24.3 Å². The quantitative estimate of drug-likeness (QED) is 0.481. The molecule has 1 heterocycles. The minimum absolute atomic E-state index is 0.246. The molecule has 0 saturated carbocycles. The van der Waals surface area contributed by atoms with Gasteiger partial charge in [-0.1, -0.05) is 24.3 Å². The molecule has 0 radical (unpaired) electrons. The molecule has 13 heavy (non-hydrogen) atoms. The van der Waals surface area contributed by atoms with Gasteiger partial charge in [-0.2, -0.15) is 0 Å². The first-order chi connectivity index (χ1) is 6.31. The summed E-state index contributed by atoms with van der Waals surface area (Å²) in [5, 5.41) is 7.51. The third-order valence-corrected chi connectivity index (χ3v) is 2.32. The maximum absolute atomic E-state index is 7.51. The fraction of sp³-hybridized carbons (Fsp3) is 0.300. The number of nitrogens with zero attached hydrogens (tertiary/aromatic N) is 1. The molecule has 0 atom stereocenters. The van der Waals surface area contributed by atoms with E-state index in [1.807, 2.05) is 17.0 Å². The van der Waals surface area contributed by atoms with Crippen LogP contribution in [-0.2, 0) is 17.8 Å². The van der Waals surface area contributed by atoms with Crippen LogP contribution >= 0.6 is 0 Å². The van der Waals surface area contributed by atoms with Gasteiger partial charge >= 0.3 is 0 Å². The molecule has 1 aromatic rings. The van der Waals surface area contributed by atoms with Crippen molar-refractivity contribution in [1.29, 1.82) is 5.41 Å². The Kier molecular flexibility index (Phi) is 1.93. The SMILES string of the molecule is COC(=N)N1Cc2ccccc2C1. The van der Waals surface area contributed by atoms with E-state index in [4.69, 9.17) is 10.1 Å². The molecule has 1 aromatic carbocycles. The first-order valence-corrected chi connectivity index (χ1v) is 4.25. The number of hydrogen-bond acceptors (Lipinski definition) is 2. The van der Waals surface area contributed by atoms with Gasteiger partial charge in [-0.15, -0.1) is 0 Å². The van der Waals surface area contributed by atoms with Crippen molar-refractivity contribution in [3.8, 4) is 0 Å². The van der Waals surface area contributed by atoms with Crippen LogP contribution in [0, 0.1) is 5.41 Å². The van der Waals surface area contributed by atoms with Crippen molar-refractivity contribution in [3.05, 3.63) is 35.4 Å². The molecule has 0 amide bonds. The van der Waals surface area contributed by atoms with Crippen molar-refractivity contribution < 1.29 is 4.74 Å². The molecule has 68 valence electrons. The lowest BCUT2D eigenvalue weighted by atomic mass is 10.1. The molecule has 3 nitrogen and oxygen atoms in total. The fourth-order valence-electron chi connectivity index (χ4n) is 1.61. The van der Waals surface area contributed by atoms with Crippen molar-refractivity contribution in [3.63, 3.8) is 0 Å². The second-order valence-corrected chi connectivity index (χ2v) is 3.13. The summed E-state index contributed by atoms with van der Waals surface area (Å²) in [5.41, 5.74) is 2.59. The van der Waals surface area contributed by atoms with Crippen molar-refractivity contribution in [1.82, 2.24) is 4.90 Å². The van der Waals surface area contributed by atoms with Gasteiger partial charge in [0.1, 0.15) is 0 Å². The summed E-state index contributed by atoms with van der Waals surface area (Å²) in [6.45, 7) is 1.59. The third-order valence-electron chi connectivity index (χ3n) is 2.32. The Morgan fingerprint density at radius 1 is 1.31 bits per heavy atom. The largest absolute Gasteiger partial charge is 0.469 e. The summed E-state index contributed by atoms with van der Waals surface area (Å²) < 4.78 is 4.87. The van der Waals surface area contributed by atoms with E-state index < -0.39 is 0 Å². The Labute approximate surface area is 77.4 Å². The van der Waals surface area contributed by atoms with Crippen molar-refractivity contribution in [2.75, 3.05) is 7.11 Å². The summed E-state index contributed by atoms with van der Waals surface area (Å²) in [6, 6.07) is 8.49. The second-order valence-electron chi connectivity index (χ2n) is 3.13. The maximum atomic E-state index is 7.51. The van der Waals surface area contributed by atoms with Crippen LogP contribution in [0.25, 0.3) is 0 Å². The first-order valence-electron chi connectivity index (χ1n) is 4.25. The molecule has 0 fully saturated rings. The van der Waals surface area contributed by atoms with Gasteiger partial charge in [0.05, 0.1) is 7.11 Å². The Hall–Kier alpha value is -1.51. The van der Waals surface area contributed by atoms with E-state index in [0.717, 1.165) is 13.1 Å². The lowest BCUT2D eigenvalue weighted by Crippen LogP contribution is -2.25. The van der Waals surface area contributed by atoms with E-state index in [9.17, 15) is 0 Å². The van der Waals surface area contributed by atoms with E-state index in [1.165, 1.54) is 18.2 Å². The number of nitrogens with one attached hydrogen (secondary N) is 1.